The van der Waals surface area contributed by atoms with Gasteiger partial charge in [-0.05, 0) is 54.8 Å². The minimum atomic E-state index is -0.515. The summed E-state index contributed by atoms with van der Waals surface area (Å²) < 4.78 is 11.0. The van der Waals surface area contributed by atoms with Crippen molar-refractivity contribution in [3.05, 3.63) is 29.8 Å². The van der Waals surface area contributed by atoms with Gasteiger partial charge in [0, 0.05) is 19.8 Å². The van der Waals surface area contributed by atoms with Crippen LogP contribution in [0, 0.1) is 5.41 Å². The lowest BCUT2D eigenvalue weighted by molar-refractivity contribution is 0.104. The Morgan fingerprint density at radius 1 is 1.08 bits per heavy atom. The number of nitrogens with one attached hydrogen (secondary N) is 1. The van der Waals surface area contributed by atoms with Crippen molar-refractivity contribution >= 4 is 0 Å². The van der Waals surface area contributed by atoms with E-state index in [1.165, 1.54) is 5.56 Å². The maximum Gasteiger partial charge on any atom is 0.119 e. The van der Waals surface area contributed by atoms with E-state index >= 15 is 0 Å². The van der Waals surface area contributed by atoms with Crippen LogP contribution in [0.3, 0.4) is 0 Å². The molecule has 0 heterocycles. The fourth-order valence-electron chi connectivity index (χ4n) is 3.39. The van der Waals surface area contributed by atoms with E-state index in [9.17, 15) is 5.11 Å². The van der Waals surface area contributed by atoms with Crippen LogP contribution in [-0.2, 0) is 10.2 Å². The fourth-order valence-corrected chi connectivity index (χ4v) is 3.39. The number of benzene rings is 1. The van der Waals surface area contributed by atoms with E-state index in [0.717, 1.165) is 38.3 Å². The van der Waals surface area contributed by atoms with Gasteiger partial charge in [-0.25, -0.2) is 0 Å². The molecule has 26 heavy (non-hydrogen) atoms. The maximum atomic E-state index is 10.0. The number of hydrogen-bond donors (Lipinski definition) is 2. The van der Waals surface area contributed by atoms with Gasteiger partial charge in [0.05, 0.1) is 0 Å². The van der Waals surface area contributed by atoms with Crippen molar-refractivity contribution in [2.75, 3.05) is 32.9 Å². The van der Waals surface area contributed by atoms with Crippen LogP contribution in [0.2, 0.25) is 0 Å². The summed E-state index contributed by atoms with van der Waals surface area (Å²) in [5, 5.41) is 13.2. The highest BCUT2D eigenvalue weighted by Gasteiger charge is 2.27. The molecule has 2 N–H and O–H groups in total. The highest BCUT2D eigenvalue weighted by molar-refractivity contribution is 5.31. The second-order valence-corrected chi connectivity index (χ2v) is 8.87. The van der Waals surface area contributed by atoms with E-state index in [2.05, 4.69) is 52.1 Å². The molecule has 0 saturated carbocycles. The Morgan fingerprint density at radius 3 is 2.31 bits per heavy atom. The predicted molar refractivity (Wildman–Crippen MR) is 109 cm³/mol. The molecular formula is C22H39NO3. The topological polar surface area (TPSA) is 50.7 Å². The Bertz CT molecular complexity index is 491. The number of aliphatic hydroxyl groups is 1. The molecule has 1 aromatic rings. The van der Waals surface area contributed by atoms with Gasteiger partial charge in [0.1, 0.15) is 18.5 Å². The SMILES string of the molecule is CCOCCCNC[C@H](O)COc1ccc(C(C)(C)CC(C)(C)C)cc1. The average Bonchev–Trinajstić information content (AvgIpc) is 2.54. The molecule has 4 heteroatoms. The standard InChI is InChI=1S/C22H39NO3/c1-7-25-14-8-13-23-15-19(24)16-26-20-11-9-18(10-12-20)22(5,6)17-21(2,3)4/h9-12,19,23-24H,7-8,13-17H2,1-6H3/t19-/m0/s1. The molecule has 0 bridgehead atoms. The summed E-state index contributed by atoms with van der Waals surface area (Å²) in [7, 11) is 0. The highest BCUT2D eigenvalue weighted by atomic mass is 16.5. The zero-order chi connectivity index (χ0) is 19.6. The van der Waals surface area contributed by atoms with Crippen molar-refractivity contribution < 1.29 is 14.6 Å². The molecule has 0 spiro atoms. The molecule has 0 saturated heterocycles. The van der Waals surface area contributed by atoms with E-state index in [-0.39, 0.29) is 5.41 Å². The molecule has 1 atom stereocenters. The van der Waals surface area contributed by atoms with Crippen LogP contribution in [0.1, 0.15) is 59.9 Å². The van der Waals surface area contributed by atoms with Crippen LogP contribution < -0.4 is 10.1 Å². The van der Waals surface area contributed by atoms with Crippen molar-refractivity contribution in [2.24, 2.45) is 5.41 Å². The third kappa shape index (κ3) is 9.56. The molecule has 4 nitrogen and oxygen atoms in total. The monoisotopic (exact) mass is 365 g/mol. The van der Waals surface area contributed by atoms with Crippen LogP contribution in [0.5, 0.6) is 5.75 Å². The molecule has 0 aliphatic rings. The first kappa shape index (κ1) is 22.9. The van der Waals surface area contributed by atoms with E-state index in [1.807, 2.05) is 19.1 Å². The van der Waals surface area contributed by atoms with Gasteiger partial charge in [-0.3, -0.25) is 0 Å². The second kappa shape index (κ2) is 10.9. The summed E-state index contributed by atoms with van der Waals surface area (Å²) in [5.74, 6) is 0.802. The smallest absolute Gasteiger partial charge is 0.119 e. The first-order chi connectivity index (χ1) is 12.1. The molecule has 0 amide bonds. The molecule has 0 aliphatic heterocycles. The molecule has 0 radical (unpaired) electrons. The Morgan fingerprint density at radius 2 is 1.73 bits per heavy atom. The van der Waals surface area contributed by atoms with Crippen LogP contribution >= 0.6 is 0 Å². The Kier molecular flexibility index (Phi) is 9.62. The van der Waals surface area contributed by atoms with E-state index < -0.39 is 6.10 Å². The fraction of sp³-hybridized carbons (Fsp3) is 0.727. The normalized spacial score (nSPS) is 13.7. The zero-order valence-corrected chi connectivity index (χ0v) is 17.6. The molecule has 0 aromatic heterocycles. The Hall–Kier alpha value is -1.10. The van der Waals surface area contributed by atoms with Crippen LogP contribution in [0.25, 0.3) is 0 Å². The summed E-state index contributed by atoms with van der Waals surface area (Å²) in [6.45, 7) is 16.6. The lowest BCUT2D eigenvalue weighted by Crippen LogP contribution is -2.32. The molecule has 0 fully saturated rings. The van der Waals surface area contributed by atoms with Gasteiger partial charge in [0.15, 0.2) is 0 Å². The van der Waals surface area contributed by atoms with Crippen LogP contribution in [0.15, 0.2) is 24.3 Å². The van der Waals surface area contributed by atoms with Gasteiger partial charge in [-0.1, -0.05) is 46.8 Å². The summed E-state index contributed by atoms with van der Waals surface area (Å²) in [6.07, 6.45) is 1.56. The minimum absolute atomic E-state index is 0.127. The lowest BCUT2D eigenvalue weighted by atomic mass is 9.72. The van der Waals surface area contributed by atoms with Crippen molar-refractivity contribution in [3.63, 3.8) is 0 Å². The molecule has 1 rings (SSSR count). The van der Waals surface area contributed by atoms with Gasteiger partial charge in [0.2, 0.25) is 0 Å². The molecule has 150 valence electrons. The van der Waals surface area contributed by atoms with Crippen molar-refractivity contribution in [3.8, 4) is 5.75 Å². The van der Waals surface area contributed by atoms with E-state index in [1.54, 1.807) is 0 Å². The van der Waals surface area contributed by atoms with Crippen molar-refractivity contribution in [1.29, 1.82) is 0 Å². The van der Waals surface area contributed by atoms with Gasteiger partial charge >= 0.3 is 0 Å². The van der Waals surface area contributed by atoms with E-state index in [4.69, 9.17) is 9.47 Å². The quantitative estimate of drug-likeness (QED) is 0.546. The number of ether oxygens (including phenoxy) is 2. The maximum absolute atomic E-state index is 10.0. The highest BCUT2D eigenvalue weighted by Crippen LogP contribution is 2.36. The number of rotatable bonds is 12. The molecule has 0 aliphatic carbocycles. The van der Waals surface area contributed by atoms with Gasteiger partial charge in [-0.2, -0.15) is 0 Å². The first-order valence-corrected chi connectivity index (χ1v) is 9.84. The first-order valence-electron chi connectivity index (χ1n) is 9.84. The number of aliphatic hydroxyl groups excluding tert-OH is 1. The lowest BCUT2D eigenvalue weighted by Gasteiger charge is -2.33. The molecule has 0 unspecified atom stereocenters. The van der Waals surface area contributed by atoms with Gasteiger partial charge in [-0.15, -0.1) is 0 Å². The van der Waals surface area contributed by atoms with Crippen LogP contribution in [-0.4, -0.2) is 44.1 Å². The summed E-state index contributed by atoms with van der Waals surface area (Å²) in [4.78, 5) is 0. The summed E-state index contributed by atoms with van der Waals surface area (Å²) in [6, 6.07) is 8.28. The molecule has 1 aromatic carbocycles. The zero-order valence-electron chi connectivity index (χ0n) is 17.6. The summed E-state index contributed by atoms with van der Waals surface area (Å²) in [5.41, 5.74) is 1.73. The van der Waals surface area contributed by atoms with Crippen LogP contribution in [0.4, 0.5) is 0 Å². The number of hydrogen-bond acceptors (Lipinski definition) is 4. The van der Waals surface area contributed by atoms with Crippen molar-refractivity contribution in [2.45, 2.75) is 65.9 Å². The van der Waals surface area contributed by atoms with Crippen molar-refractivity contribution in [1.82, 2.24) is 5.32 Å². The Balaban J connectivity index is 2.36. The predicted octanol–water partition coefficient (Wildman–Crippen LogP) is 4.16. The Labute approximate surface area is 160 Å². The minimum Gasteiger partial charge on any atom is -0.491 e. The second-order valence-electron chi connectivity index (χ2n) is 8.87. The van der Waals surface area contributed by atoms with Gasteiger partial charge in [0.25, 0.3) is 0 Å². The third-order valence-corrected chi connectivity index (χ3v) is 4.28. The summed E-state index contributed by atoms with van der Waals surface area (Å²) >= 11 is 0. The largest absolute Gasteiger partial charge is 0.491 e. The average molecular weight is 366 g/mol. The van der Waals surface area contributed by atoms with E-state index in [0.29, 0.717) is 18.6 Å². The van der Waals surface area contributed by atoms with Gasteiger partial charge < -0.3 is 19.9 Å². The molecular weight excluding hydrogens is 326 g/mol. The third-order valence-electron chi connectivity index (χ3n) is 4.28.